The molecule has 0 saturated heterocycles. The summed E-state index contributed by atoms with van der Waals surface area (Å²) in [6, 6.07) is 9.55. The summed E-state index contributed by atoms with van der Waals surface area (Å²) < 4.78 is 4.94. The van der Waals surface area contributed by atoms with Crippen molar-refractivity contribution >= 4 is 5.97 Å². The van der Waals surface area contributed by atoms with Crippen molar-refractivity contribution in [1.82, 2.24) is 0 Å². The predicted molar refractivity (Wildman–Crippen MR) is 54.9 cm³/mol. The molecular formula is C11H15NO2. The van der Waals surface area contributed by atoms with Gasteiger partial charge in [0, 0.05) is 6.54 Å². The first-order valence-electron chi connectivity index (χ1n) is 4.67. The van der Waals surface area contributed by atoms with Gasteiger partial charge in [0.25, 0.3) is 0 Å². The minimum Gasteiger partial charge on any atom is -0.464 e. The van der Waals surface area contributed by atoms with Gasteiger partial charge in [0.2, 0.25) is 0 Å². The number of ether oxygens (including phenoxy) is 1. The monoisotopic (exact) mass is 193 g/mol. The van der Waals surface area contributed by atoms with Gasteiger partial charge in [-0.25, -0.2) is 0 Å². The summed E-state index contributed by atoms with van der Waals surface area (Å²) in [6.45, 7) is 2.48. The summed E-state index contributed by atoms with van der Waals surface area (Å²) in [5, 5.41) is 0. The molecule has 1 aromatic carbocycles. The molecule has 1 aromatic rings. The number of benzene rings is 1. The van der Waals surface area contributed by atoms with Gasteiger partial charge in [-0.3, -0.25) is 4.79 Å². The van der Waals surface area contributed by atoms with Crippen LogP contribution in [0.15, 0.2) is 30.3 Å². The number of hydrogen-bond acceptors (Lipinski definition) is 3. The number of hydrogen-bond donors (Lipinski definition) is 1. The van der Waals surface area contributed by atoms with Gasteiger partial charge in [0.1, 0.15) is 6.61 Å². The number of carbonyl (C=O) groups is 1. The van der Waals surface area contributed by atoms with E-state index in [-0.39, 0.29) is 18.5 Å². The molecule has 0 heterocycles. The minimum absolute atomic E-state index is 0.220. The highest BCUT2D eigenvalue weighted by molar-refractivity contribution is 5.77. The Balaban J connectivity index is 2.57. The second kappa shape index (κ2) is 5.40. The lowest BCUT2D eigenvalue weighted by molar-refractivity contribution is -0.144. The van der Waals surface area contributed by atoms with Gasteiger partial charge in [-0.1, -0.05) is 30.3 Å². The minimum atomic E-state index is -0.221. The lowest BCUT2D eigenvalue weighted by atomic mass is 10.0. The maximum absolute atomic E-state index is 11.4. The first-order chi connectivity index (χ1) is 6.75. The first-order valence-corrected chi connectivity index (χ1v) is 4.67. The van der Waals surface area contributed by atoms with E-state index in [9.17, 15) is 4.79 Å². The molecule has 0 spiro atoms. The van der Waals surface area contributed by atoms with Crippen molar-refractivity contribution in [3.8, 4) is 0 Å². The van der Waals surface area contributed by atoms with Crippen LogP contribution in [0.4, 0.5) is 0 Å². The molecule has 0 aromatic heterocycles. The van der Waals surface area contributed by atoms with Crippen molar-refractivity contribution in [1.29, 1.82) is 0 Å². The molecule has 0 aliphatic rings. The molecule has 0 unspecified atom stereocenters. The maximum Gasteiger partial charge on any atom is 0.313 e. The van der Waals surface area contributed by atoms with Gasteiger partial charge in [0.05, 0.1) is 5.92 Å². The maximum atomic E-state index is 11.4. The highest BCUT2D eigenvalue weighted by atomic mass is 16.5. The number of carbonyl (C=O) groups excluding carboxylic acids is 1. The van der Waals surface area contributed by atoms with Crippen LogP contribution in [0, 0.1) is 0 Å². The predicted octanol–water partition coefficient (Wildman–Crippen LogP) is 1.29. The van der Waals surface area contributed by atoms with Gasteiger partial charge >= 0.3 is 5.97 Å². The Morgan fingerprint density at radius 2 is 2.07 bits per heavy atom. The molecule has 0 bridgehead atoms. The zero-order valence-electron chi connectivity index (χ0n) is 8.27. The molecule has 76 valence electrons. The molecule has 1 atom stereocenters. The van der Waals surface area contributed by atoms with E-state index in [0.29, 0.717) is 6.54 Å². The topological polar surface area (TPSA) is 52.3 Å². The SMILES string of the molecule is C[C@@H](C(=O)OCCN)c1ccccc1. The van der Waals surface area contributed by atoms with Gasteiger partial charge in [-0.2, -0.15) is 0 Å². The lowest BCUT2D eigenvalue weighted by Crippen LogP contribution is -2.18. The first kappa shape index (κ1) is 10.7. The van der Waals surface area contributed by atoms with Gasteiger partial charge in [-0.05, 0) is 12.5 Å². The fourth-order valence-electron chi connectivity index (χ4n) is 1.16. The fourth-order valence-corrected chi connectivity index (χ4v) is 1.16. The third-order valence-corrected chi connectivity index (χ3v) is 2.02. The fraction of sp³-hybridized carbons (Fsp3) is 0.364. The van der Waals surface area contributed by atoms with Crippen molar-refractivity contribution < 1.29 is 9.53 Å². The Hall–Kier alpha value is -1.35. The van der Waals surface area contributed by atoms with E-state index in [1.807, 2.05) is 37.3 Å². The van der Waals surface area contributed by atoms with E-state index >= 15 is 0 Å². The van der Waals surface area contributed by atoms with Crippen molar-refractivity contribution in [2.45, 2.75) is 12.8 Å². The number of rotatable bonds is 4. The van der Waals surface area contributed by atoms with Crippen LogP contribution in [-0.2, 0) is 9.53 Å². The van der Waals surface area contributed by atoms with E-state index in [1.54, 1.807) is 0 Å². The Labute approximate surface area is 83.9 Å². The van der Waals surface area contributed by atoms with Crippen LogP contribution in [0.1, 0.15) is 18.4 Å². The van der Waals surface area contributed by atoms with Crippen LogP contribution >= 0.6 is 0 Å². The number of nitrogens with two attached hydrogens (primary N) is 1. The smallest absolute Gasteiger partial charge is 0.313 e. The van der Waals surface area contributed by atoms with Gasteiger partial charge in [-0.15, -0.1) is 0 Å². The Morgan fingerprint density at radius 3 is 2.64 bits per heavy atom. The zero-order valence-corrected chi connectivity index (χ0v) is 8.27. The standard InChI is InChI=1S/C11H15NO2/c1-9(11(13)14-8-7-12)10-5-3-2-4-6-10/h2-6,9H,7-8,12H2,1H3/t9-/m1/s1. The molecule has 3 heteroatoms. The summed E-state index contributed by atoms with van der Waals surface area (Å²) in [7, 11) is 0. The normalized spacial score (nSPS) is 12.1. The summed E-state index contributed by atoms with van der Waals surface area (Å²) in [6.07, 6.45) is 0. The number of esters is 1. The third kappa shape index (κ3) is 2.85. The van der Waals surface area contributed by atoms with Crippen LogP contribution in [0.3, 0.4) is 0 Å². The average Bonchev–Trinajstić information content (AvgIpc) is 2.26. The Morgan fingerprint density at radius 1 is 1.43 bits per heavy atom. The van der Waals surface area contributed by atoms with E-state index < -0.39 is 0 Å². The molecule has 2 N–H and O–H groups in total. The van der Waals surface area contributed by atoms with E-state index in [2.05, 4.69) is 0 Å². The van der Waals surface area contributed by atoms with Crippen molar-refractivity contribution in [3.63, 3.8) is 0 Å². The van der Waals surface area contributed by atoms with Crippen LogP contribution in [-0.4, -0.2) is 19.1 Å². The molecule has 3 nitrogen and oxygen atoms in total. The molecule has 1 rings (SSSR count). The van der Waals surface area contributed by atoms with Crippen LogP contribution in [0.2, 0.25) is 0 Å². The summed E-state index contributed by atoms with van der Waals surface area (Å²) in [5.74, 6) is -0.440. The summed E-state index contributed by atoms with van der Waals surface area (Å²) in [4.78, 5) is 11.4. The molecule has 0 aliphatic heterocycles. The van der Waals surface area contributed by atoms with Crippen molar-refractivity contribution in [2.24, 2.45) is 5.73 Å². The van der Waals surface area contributed by atoms with Crippen LogP contribution < -0.4 is 5.73 Å². The quantitative estimate of drug-likeness (QED) is 0.733. The largest absolute Gasteiger partial charge is 0.464 e. The summed E-state index contributed by atoms with van der Waals surface area (Å²) >= 11 is 0. The molecule has 0 fully saturated rings. The molecule has 14 heavy (non-hydrogen) atoms. The summed E-state index contributed by atoms with van der Waals surface area (Å²) in [5.41, 5.74) is 6.21. The van der Waals surface area contributed by atoms with Gasteiger partial charge in [0.15, 0.2) is 0 Å². The molecule has 0 aliphatic carbocycles. The molecule has 0 amide bonds. The Bertz CT molecular complexity index is 285. The zero-order chi connectivity index (χ0) is 10.4. The highest BCUT2D eigenvalue weighted by Crippen LogP contribution is 2.15. The van der Waals surface area contributed by atoms with E-state index in [4.69, 9.17) is 10.5 Å². The Kier molecular flexibility index (Phi) is 4.13. The van der Waals surface area contributed by atoms with E-state index in [1.165, 1.54) is 0 Å². The van der Waals surface area contributed by atoms with Gasteiger partial charge < -0.3 is 10.5 Å². The molecule has 0 saturated carbocycles. The van der Waals surface area contributed by atoms with Crippen molar-refractivity contribution in [3.05, 3.63) is 35.9 Å². The average molecular weight is 193 g/mol. The third-order valence-electron chi connectivity index (χ3n) is 2.02. The van der Waals surface area contributed by atoms with E-state index in [0.717, 1.165) is 5.56 Å². The molecule has 0 radical (unpaired) electrons. The van der Waals surface area contributed by atoms with Crippen molar-refractivity contribution in [2.75, 3.05) is 13.2 Å². The molecular weight excluding hydrogens is 178 g/mol. The highest BCUT2D eigenvalue weighted by Gasteiger charge is 2.15. The second-order valence-corrected chi connectivity index (χ2v) is 3.09. The van der Waals surface area contributed by atoms with Crippen LogP contribution in [0.25, 0.3) is 0 Å². The second-order valence-electron chi connectivity index (χ2n) is 3.09. The van der Waals surface area contributed by atoms with Crippen LogP contribution in [0.5, 0.6) is 0 Å². The lowest BCUT2D eigenvalue weighted by Gasteiger charge is -2.10.